The van der Waals surface area contributed by atoms with Crippen molar-refractivity contribution in [1.29, 1.82) is 0 Å². The molecule has 2 aromatic rings. The third-order valence-electron chi connectivity index (χ3n) is 2.52. The molecule has 0 atom stereocenters. The van der Waals surface area contributed by atoms with Crippen molar-refractivity contribution < 1.29 is 14.6 Å². The van der Waals surface area contributed by atoms with Gasteiger partial charge in [0, 0.05) is 0 Å². The Kier molecular flexibility index (Phi) is 4.39. The Balaban J connectivity index is 1.78. The van der Waals surface area contributed by atoms with Gasteiger partial charge in [-0.25, -0.2) is 0 Å². The number of nitrogens with one attached hydrogen (secondary N) is 1. The molecule has 0 saturated carbocycles. The van der Waals surface area contributed by atoms with Crippen LogP contribution in [0.1, 0.15) is 6.42 Å². The first-order valence-electron chi connectivity index (χ1n) is 6.01. The highest BCUT2D eigenvalue weighted by atomic mass is 16.5. The van der Waals surface area contributed by atoms with E-state index in [1.54, 1.807) is 18.2 Å². The molecular formula is C15H15NO3. The Bertz CT molecular complexity index is 540. The number of anilines is 1. The van der Waals surface area contributed by atoms with Gasteiger partial charge < -0.3 is 15.2 Å². The SMILES string of the molecule is O=C(CCOc1ccccc1)Nc1ccccc1O. The second kappa shape index (κ2) is 6.44. The lowest BCUT2D eigenvalue weighted by molar-refractivity contribution is -0.116. The van der Waals surface area contributed by atoms with Gasteiger partial charge in [0.1, 0.15) is 11.5 Å². The molecule has 1 amide bonds. The molecule has 4 heteroatoms. The van der Waals surface area contributed by atoms with E-state index in [9.17, 15) is 9.90 Å². The summed E-state index contributed by atoms with van der Waals surface area (Å²) in [5.41, 5.74) is 0.409. The van der Waals surface area contributed by atoms with Crippen molar-refractivity contribution in [2.75, 3.05) is 11.9 Å². The maximum absolute atomic E-state index is 11.7. The number of phenolic OH excluding ortho intramolecular Hbond substituents is 1. The summed E-state index contributed by atoms with van der Waals surface area (Å²) in [4.78, 5) is 11.7. The number of ether oxygens (including phenoxy) is 1. The Morgan fingerprint density at radius 2 is 1.74 bits per heavy atom. The Morgan fingerprint density at radius 3 is 2.47 bits per heavy atom. The standard InChI is InChI=1S/C15H15NO3/c17-14-9-5-4-8-13(14)16-15(18)10-11-19-12-6-2-1-3-7-12/h1-9,17H,10-11H2,(H,16,18). The maximum Gasteiger partial charge on any atom is 0.227 e. The van der Waals surface area contributed by atoms with Crippen LogP contribution in [0, 0.1) is 0 Å². The fourth-order valence-corrected chi connectivity index (χ4v) is 1.57. The third-order valence-corrected chi connectivity index (χ3v) is 2.52. The first-order chi connectivity index (χ1) is 9.25. The summed E-state index contributed by atoms with van der Waals surface area (Å²) < 4.78 is 5.42. The van der Waals surface area contributed by atoms with Crippen molar-refractivity contribution in [3.05, 3.63) is 54.6 Å². The van der Waals surface area contributed by atoms with Crippen molar-refractivity contribution in [1.82, 2.24) is 0 Å². The van der Waals surface area contributed by atoms with Gasteiger partial charge >= 0.3 is 0 Å². The maximum atomic E-state index is 11.7. The van der Waals surface area contributed by atoms with Gasteiger partial charge in [-0.3, -0.25) is 4.79 Å². The van der Waals surface area contributed by atoms with Crippen LogP contribution in [0.15, 0.2) is 54.6 Å². The highest BCUT2D eigenvalue weighted by Gasteiger charge is 2.05. The summed E-state index contributed by atoms with van der Waals surface area (Å²) in [5, 5.41) is 12.1. The molecule has 0 saturated heterocycles. The quantitative estimate of drug-likeness (QED) is 0.810. The number of carbonyl (C=O) groups excluding carboxylic acids is 1. The van der Waals surface area contributed by atoms with E-state index in [-0.39, 0.29) is 18.1 Å². The number of phenols is 1. The zero-order valence-electron chi connectivity index (χ0n) is 10.4. The Morgan fingerprint density at radius 1 is 1.05 bits per heavy atom. The van der Waals surface area contributed by atoms with E-state index in [0.29, 0.717) is 12.3 Å². The molecule has 2 aromatic carbocycles. The van der Waals surface area contributed by atoms with Gasteiger partial charge in [0.2, 0.25) is 5.91 Å². The first kappa shape index (κ1) is 13.0. The fraction of sp³-hybridized carbons (Fsp3) is 0.133. The van der Waals surface area contributed by atoms with Crippen LogP contribution in [0.4, 0.5) is 5.69 Å². The number of amides is 1. The summed E-state index contributed by atoms with van der Waals surface area (Å²) >= 11 is 0. The van der Waals surface area contributed by atoms with Crippen LogP contribution in [0.2, 0.25) is 0 Å². The van der Waals surface area contributed by atoms with Gasteiger partial charge in [0.15, 0.2) is 0 Å². The molecule has 0 aliphatic rings. The first-order valence-corrected chi connectivity index (χ1v) is 6.01. The molecule has 0 heterocycles. The van der Waals surface area contributed by atoms with Crippen LogP contribution in [0.5, 0.6) is 11.5 Å². The van der Waals surface area contributed by atoms with E-state index < -0.39 is 0 Å². The monoisotopic (exact) mass is 257 g/mol. The number of rotatable bonds is 5. The van der Waals surface area contributed by atoms with E-state index in [1.807, 2.05) is 30.3 Å². The molecule has 2 N–H and O–H groups in total. The van der Waals surface area contributed by atoms with E-state index in [0.717, 1.165) is 5.75 Å². The summed E-state index contributed by atoms with van der Waals surface area (Å²) in [7, 11) is 0. The van der Waals surface area contributed by atoms with E-state index in [4.69, 9.17) is 4.74 Å². The highest BCUT2D eigenvalue weighted by Crippen LogP contribution is 2.21. The molecule has 98 valence electrons. The number of aromatic hydroxyl groups is 1. The molecule has 0 unspecified atom stereocenters. The van der Waals surface area contributed by atoms with E-state index in [2.05, 4.69) is 5.32 Å². The number of carbonyl (C=O) groups is 1. The lowest BCUT2D eigenvalue weighted by Crippen LogP contribution is -2.15. The normalized spacial score (nSPS) is 9.89. The average Bonchev–Trinajstić information content (AvgIpc) is 2.43. The fourth-order valence-electron chi connectivity index (χ4n) is 1.57. The van der Waals surface area contributed by atoms with Gasteiger partial charge in [0.25, 0.3) is 0 Å². The summed E-state index contributed by atoms with van der Waals surface area (Å²) in [6.07, 6.45) is 0.225. The van der Waals surface area contributed by atoms with Crippen LogP contribution in [-0.2, 0) is 4.79 Å². The zero-order valence-corrected chi connectivity index (χ0v) is 10.4. The molecule has 0 bridgehead atoms. The van der Waals surface area contributed by atoms with Crippen LogP contribution < -0.4 is 10.1 Å². The predicted molar refractivity (Wildman–Crippen MR) is 73.3 cm³/mol. The van der Waals surface area contributed by atoms with Gasteiger partial charge in [-0.15, -0.1) is 0 Å². The third kappa shape index (κ3) is 4.03. The molecule has 19 heavy (non-hydrogen) atoms. The second-order valence-corrected chi connectivity index (χ2v) is 3.98. The van der Waals surface area contributed by atoms with Gasteiger partial charge in [-0.2, -0.15) is 0 Å². The van der Waals surface area contributed by atoms with Crippen LogP contribution >= 0.6 is 0 Å². The lowest BCUT2D eigenvalue weighted by Gasteiger charge is -2.08. The van der Waals surface area contributed by atoms with E-state index in [1.165, 1.54) is 6.07 Å². The predicted octanol–water partition coefficient (Wildman–Crippen LogP) is 2.80. The minimum absolute atomic E-state index is 0.0554. The number of hydrogen-bond acceptors (Lipinski definition) is 3. The lowest BCUT2D eigenvalue weighted by atomic mass is 10.3. The van der Waals surface area contributed by atoms with Crippen molar-refractivity contribution in [3.8, 4) is 11.5 Å². The Hall–Kier alpha value is -2.49. The molecule has 0 fully saturated rings. The van der Waals surface area contributed by atoms with Crippen molar-refractivity contribution in [2.45, 2.75) is 6.42 Å². The summed E-state index contributed by atoms with van der Waals surface area (Å²) in [6.45, 7) is 0.295. The van der Waals surface area contributed by atoms with Crippen molar-refractivity contribution >= 4 is 11.6 Å². The highest BCUT2D eigenvalue weighted by molar-refractivity contribution is 5.92. The summed E-state index contributed by atoms with van der Waals surface area (Å²) in [5.74, 6) is 0.593. The van der Waals surface area contributed by atoms with Gasteiger partial charge in [-0.1, -0.05) is 30.3 Å². The Labute approximate surface area is 111 Å². The number of benzene rings is 2. The van der Waals surface area contributed by atoms with Crippen LogP contribution in [0.25, 0.3) is 0 Å². The molecule has 2 rings (SSSR count). The number of para-hydroxylation sites is 3. The molecule has 0 spiro atoms. The molecule has 0 aliphatic carbocycles. The largest absolute Gasteiger partial charge is 0.506 e. The summed E-state index contributed by atoms with van der Waals surface area (Å²) in [6, 6.07) is 15.9. The number of hydrogen-bond donors (Lipinski definition) is 2. The molecule has 0 aliphatic heterocycles. The van der Waals surface area contributed by atoms with Crippen molar-refractivity contribution in [3.63, 3.8) is 0 Å². The van der Waals surface area contributed by atoms with E-state index >= 15 is 0 Å². The van der Waals surface area contributed by atoms with Gasteiger partial charge in [-0.05, 0) is 24.3 Å². The molecule has 0 aromatic heterocycles. The minimum atomic E-state index is -0.197. The molecular weight excluding hydrogens is 242 g/mol. The minimum Gasteiger partial charge on any atom is -0.506 e. The molecule has 0 radical (unpaired) electrons. The van der Waals surface area contributed by atoms with Crippen LogP contribution in [0.3, 0.4) is 0 Å². The van der Waals surface area contributed by atoms with Gasteiger partial charge in [0.05, 0.1) is 18.7 Å². The molecule has 4 nitrogen and oxygen atoms in total. The second-order valence-electron chi connectivity index (χ2n) is 3.98. The smallest absolute Gasteiger partial charge is 0.227 e. The zero-order chi connectivity index (χ0) is 13.5. The van der Waals surface area contributed by atoms with Crippen LogP contribution in [-0.4, -0.2) is 17.6 Å². The average molecular weight is 257 g/mol. The topological polar surface area (TPSA) is 58.6 Å². The van der Waals surface area contributed by atoms with Crippen molar-refractivity contribution in [2.24, 2.45) is 0 Å².